The van der Waals surface area contributed by atoms with Gasteiger partial charge in [0.25, 0.3) is 0 Å². The number of ether oxygens (including phenoxy) is 2. The van der Waals surface area contributed by atoms with Crippen LogP contribution >= 0.6 is 0 Å². The molecule has 0 saturated heterocycles. The first-order chi connectivity index (χ1) is 16.3. The maximum absolute atomic E-state index is 12.9. The second-order valence-electron chi connectivity index (χ2n) is 8.96. The Labute approximate surface area is 198 Å². The number of amides is 1. The first-order valence-electron chi connectivity index (χ1n) is 11.4. The average Bonchev–Trinajstić information content (AvgIpc) is 3.12. The molecule has 0 spiro atoms. The van der Waals surface area contributed by atoms with Gasteiger partial charge in [-0.15, -0.1) is 0 Å². The van der Waals surface area contributed by atoms with E-state index in [4.69, 9.17) is 14.5 Å². The summed E-state index contributed by atoms with van der Waals surface area (Å²) in [6.45, 7) is 9.07. The highest BCUT2D eigenvalue weighted by Gasteiger charge is 2.26. The predicted molar refractivity (Wildman–Crippen MR) is 130 cm³/mol. The maximum atomic E-state index is 12.9. The second-order valence-corrected chi connectivity index (χ2v) is 8.96. The average molecular weight is 463 g/mol. The normalized spacial score (nSPS) is 11.8. The molecule has 0 saturated carbocycles. The molecule has 0 bridgehead atoms. The van der Waals surface area contributed by atoms with Crippen LogP contribution in [0.4, 0.5) is 0 Å². The molecule has 34 heavy (non-hydrogen) atoms. The van der Waals surface area contributed by atoms with Crippen LogP contribution in [-0.4, -0.2) is 27.6 Å². The number of aromatic nitrogens is 3. The SMILES string of the molecule is CCOCc1nc2c[n+]([O-])c3cc(OCc4ccccc4)ccc3c2n1CC(C)(C)NC(C)=O. The number of nitrogens with zero attached hydrogens (tertiary/aromatic N) is 3. The van der Waals surface area contributed by atoms with Crippen LogP contribution in [0, 0.1) is 5.21 Å². The standard InChI is InChI=1S/C26H30N4O4/c1-5-33-16-24-27-22-14-30(32)23-13-20(34-15-19-9-7-6-8-10-19)11-12-21(23)25(22)29(24)17-26(3,4)28-18(2)31/h6-14H,5,15-17H2,1-4H3,(H,28,31). The van der Waals surface area contributed by atoms with E-state index in [1.54, 1.807) is 6.07 Å². The quantitative estimate of drug-likeness (QED) is 0.301. The lowest BCUT2D eigenvalue weighted by Gasteiger charge is -2.27. The lowest BCUT2D eigenvalue weighted by molar-refractivity contribution is -0.575. The zero-order valence-electron chi connectivity index (χ0n) is 20.0. The van der Waals surface area contributed by atoms with Gasteiger partial charge in [0.15, 0.2) is 5.52 Å². The Morgan fingerprint density at radius 3 is 2.65 bits per heavy atom. The molecule has 2 aromatic heterocycles. The van der Waals surface area contributed by atoms with Crippen LogP contribution in [0.2, 0.25) is 0 Å². The summed E-state index contributed by atoms with van der Waals surface area (Å²) in [5, 5.41) is 16.7. The van der Waals surface area contributed by atoms with E-state index in [0.29, 0.717) is 49.0 Å². The smallest absolute Gasteiger partial charge is 0.229 e. The Bertz CT molecular complexity index is 1320. The molecule has 4 rings (SSSR count). The number of fused-ring (bicyclic) bond motifs is 3. The van der Waals surface area contributed by atoms with E-state index in [0.717, 1.165) is 21.2 Å². The zero-order chi connectivity index (χ0) is 24.3. The van der Waals surface area contributed by atoms with Gasteiger partial charge < -0.3 is 24.6 Å². The summed E-state index contributed by atoms with van der Waals surface area (Å²) >= 11 is 0. The Morgan fingerprint density at radius 2 is 1.94 bits per heavy atom. The van der Waals surface area contributed by atoms with E-state index in [-0.39, 0.29) is 5.91 Å². The molecule has 2 aromatic carbocycles. The van der Waals surface area contributed by atoms with Gasteiger partial charge in [-0.3, -0.25) is 4.79 Å². The number of hydrogen-bond acceptors (Lipinski definition) is 5. The van der Waals surface area contributed by atoms with Crippen molar-refractivity contribution < 1.29 is 19.0 Å². The minimum atomic E-state index is -0.533. The van der Waals surface area contributed by atoms with E-state index in [2.05, 4.69) is 5.32 Å². The Hall–Kier alpha value is -3.65. The molecule has 2 heterocycles. The molecule has 0 aliphatic heterocycles. The summed E-state index contributed by atoms with van der Waals surface area (Å²) in [7, 11) is 0. The zero-order valence-corrected chi connectivity index (χ0v) is 20.0. The summed E-state index contributed by atoms with van der Waals surface area (Å²) in [5.41, 5.74) is 2.40. The van der Waals surface area contributed by atoms with Crippen LogP contribution in [0.25, 0.3) is 21.9 Å². The maximum Gasteiger partial charge on any atom is 0.229 e. The number of imidazole rings is 1. The molecule has 8 heteroatoms. The van der Waals surface area contributed by atoms with Gasteiger partial charge in [-0.25, -0.2) is 4.98 Å². The third-order valence-electron chi connectivity index (χ3n) is 5.53. The summed E-state index contributed by atoms with van der Waals surface area (Å²) in [6.07, 6.45) is 1.48. The van der Waals surface area contributed by atoms with Gasteiger partial charge in [-0.1, -0.05) is 30.3 Å². The lowest BCUT2D eigenvalue weighted by atomic mass is 10.1. The topological polar surface area (TPSA) is 92.3 Å². The fourth-order valence-electron chi connectivity index (χ4n) is 4.18. The lowest BCUT2D eigenvalue weighted by Crippen LogP contribution is -2.45. The number of nitrogens with one attached hydrogen (secondary N) is 1. The molecule has 4 aromatic rings. The van der Waals surface area contributed by atoms with Crippen LogP contribution in [0.15, 0.2) is 54.7 Å². The highest BCUT2D eigenvalue weighted by Crippen LogP contribution is 2.28. The van der Waals surface area contributed by atoms with Gasteiger partial charge in [0.2, 0.25) is 17.6 Å². The fraction of sp³-hybridized carbons (Fsp3) is 0.346. The van der Waals surface area contributed by atoms with Crippen molar-refractivity contribution in [2.24, 2.45) is 0 Å². The molecular weight excluding hydrogens is 432 g/mol. The number of carbonyl (C=O) groups excluding carboxylic acids is 1. The minimum absolute atomic E-state index is 0.108. The third-order valence-corrected chi connectivity index (χ3v) is 5.53. The van der Waals surface area contributed by atoms with Gasteiger partial charge in [0.1, 0.15) is 24.8 Å². The summed E-state index contributed by atoms with van der Waals surface area (Å²) in [6, 6.07) is 15.4. The van der Waals surface area contributed by atoms with Gasteiger partial charge in [-0.05, 0) is 38.5 Å². The molecule has 178 valence electrons. The van der Waals surface area contributed by atoms with E-state index in [1.807, 2.05) is 67.8 Å². The van der Waals surface area contributed by atoms with Crippen molar-refractivity contribution in [1.82, 2.24) is 14.9 Å². The van der Waals surface area contributed by atoms with Crippen LogP contribution in [0.5, 0.6) is 5.75 Å². The Balaban J connectivity index is 1.78. The predicted octanol–water partition coefficient (Wildman–Crippen LogP) is 3.85. The second kappa shape index (κ2) is 9.69. The Kier molecular flexibility index (Phi) is 6.70. The first-order valence-corrected chi connectivity index (χ1v) is 11.4. The van der Waals surface area contributed by atoms with Gasteiger partial charge >= 0.3 is 0 Å². The summed E-state index contributed by atoms with van der Waals surface area (Å²) in [5.74, 6) is 1.20. The largest absolute Gasteiger partial charge is 0.618 e. The fourth-order valence-corrected chi connectivity index (χ4v) is 4.18. The van der Waals surface area contributed by atoms with E-state index >= 15 is 0 Å². The van der Waals surface area contributed by atoms with Crippen molar-refractivity contribution in [2.75, 3.05) is 6.61 Å². The first kappa shape index (κ1) is 23.5. The number of pyridine rings is 1. The van der Waals surface area contributed by atoms with Gasteiger partial charge in [0, 0.05) is 20.1 Å². The molecule has 0 atom stereocenters. The van der Waals surface area contributed by atoms with Gasteiger partial charge in [-0.2, -0.15) is 4.73 Å². The number of hydrogen-bond donors (Lipinski definition) is 1. The monoisotopic (exact) mass is 462 g/mol. The molecule has 0 aliphatic rings. The van der Waals surface area contributed by atoms with Crippen LogP contribution < -0.4 is 14.8 Å². The number of benzene rings is 2. The minimum Gasteiger partial charge on any atom is -0.618 e. The van der Waals surface area contributed by atoms with Crippen LogP contribution in [0.1, 0.15) is 39.1 Å². The molecule has 0 unspecified atom stereocenters. The number of carbonyl (C=O) groups is 1. The van der Waals surface area contributed by atoms with Gasteiger partial charge in [0.05, 0.1) is 22.5 Å². The van der Waals surface area contributed by atoms with E-state index < -0.39 is 5.54 Å². The number of rotatable bonds is 9. The van der Waals surface area contributed by atoms with Crippen molar-refractivity contribution >= 4 is 27.8 Å². The highest BCUT2D eigenvalue weighted by atomic mass is 16.5. The molecule has 0 aliphatic carbocycles. The molecule has 8 nitrogen and oxygen atoms in total. The molecule has 1 amide bonds. The van der Waals surface area contributed by atoms with E-state index in [1.165, 1.54) is 13.1 Å². The molecular formula is C26H30N4O4. The summed E-state index contributed by atoms with van der Waals surface area (Å²) < 4.78 is 14.4. The van der Waals surface area contributed by atoms with Crippen LogP contribution in [0.3, 0.4) is 0 Å². The molecule has 0 radical (unpaired) electrons. The Morgan fingerprint density at radius 1 is 1.18 bits per heavy atom. The highest BCUT2D eigenvalue weighted by molar-refractivity contribution is 6.01. The van der Waals surface area contributed by atoms with Crippen molar-refractivity contribution in [2.45, 2.75) is 53.0 Å². The van der Waals surface area contributed by atoms with Crippen molar-refractivity contribution in [3.05, 3.63) is 71.3 Å². The molecule has 1 N–H and O–H groups in total. The third kappa shape index (κ3) is 5.12. The summed E-state index contributed by atoms with van der Waals surface area (Å²) in [4.78, 5) is 16.4. The van der Waals surface area contributed by atoms with Crippen LogP contribution in [-0.2, 0) is 29.3 Å². The van der Waals surface area contributed by atoms with Crippen molar-refractivity contribution in [3.63, 3.8) is 0 Å². The van der Waals surface area contributed by atoms with E-state index in [9.17, 15) is 10.0 Å². The van der Waals surface area contributed by atoms with Crippen molar-refractivity contribution in [3.8, 4) is 5.75 Å². The van der Waals surface area contributed by atoms with Crippen molar-refractivity contribution in [1.29, 1.82) is 0 Å². The molecule has 0 fully saturated rings.